The molecule has 3 aromatic rings. The van der Waals surface area contributed by atoms with E-state index in [2.05, 4.69) is 28.6 Å². The summed E-state index contributed by atoms with van der Waals surface area (Å²) in [5.41, 5.74) is 2.09. The van der Waals surface area contributed by atoms with Gasteiger partial charge in [-0.2, -0.15) is 0 Å². The molecular formula is C23H23ClN4O2. The summed E-state index contributed by atoms with van der Waals surface area (Å²) in [7, 11) is 1.73. The highest BCUT2D eigenvalue weighted by Gasteiger charge is 2.34. The Balaban J connectivity index is 1.67. The van der Waals surface area contributed by atoms with Crippen LogP contribution in [-0.4, -0.2) is 28.2 Å². The van der Waals surface area contributed by atoms with E-state index in [9.17, 15) is 4.79 Å². The molecule has 1 aliphatic heterocycles. The maximum atomic E-state index is 12.6. The molecule has 6 nitrogen and oxygen atoms in total. The van der Waals surface area contributed by atoms with Crippen molar-refractivity contribution in [1.82, 2.24) is 9.55 Å². The third kappa shape index (κ3) is 3.73. The molecule has 0 aliphatic carbocycles. The Labute approximate surface area is 180 Å². The van der Waals surface area contributed by atoms with Gasteiger partial charge < -0.3 is 19.0 Å². The van der Waals surface area contributed by atoms with E-state index in [1.165, 1.54) is 0 Å². The van der Waals surface area contributed by atoms with Gasteiger partial charge in [-0.25, -0.2) is 0 Å². The average molecular weight is 423 g/mol. The van der Waals surface area contributed by atoms with E-state index in [1.54, 1.807) is 29.8 Å². The normalized spacial score (nSPS) is 21.4. The largest absolute Gasteiger partial charge is 0.490 e. The predicted molar refractivity (Wildman–Crippen MR) is 120 cm³/mol. The Bertz CT molecular complexity index is 1200. The van der Waals surface area contributed by atoms with Crippen molar-refractivity contribution in [3.63, 3.8) is 0 Å². The van der Waals surface area contributed by atoms with Crippen LogP contribution in [0, 0.1) is 12.5 Å². The summed E-state index contributed by atoms with van der Waals surface area (Å²) in [6.45, 7) is 12.3. The number of hydrogen-bond acceptors (Lipinski definition) is 4. The highest BCUT2D eigenvalue weighted by Crippen LogP contribution is 2.34. The second-order valence-corrected chi connectivity index (χ2v) is 8.34. The van der Waals surface area contributed by atoms with Crippen molar-refractivity contribution < 1.29 is 4.74 Å². The van der Waals surface area contributed by atoms with Gasteiger partial charge >= 0.3 is 0 Å². The number of hydrogen-bond donors (Lipinski definition) is 0. The third-order valence-electron chi connectivity index (χ3n) is 5.79. The van der Waals surface area contributed by atoms with Gasteiger partial charge in [0, 0.05) is 43.1 Å². The first-order valence-electron chi connectivity index (χ1n) is 9.94. The molecule has 0 unspecified atom stereocenters. The summed E-state index contributed by atoms with van der Waals surface area (Å²) in [5, 5.41) is 0.652. The Morgan fingerprint density at radius 3 is 2.77 bits per heavy atom. The van der Waals surface area contributed by atoms with E-state index in [0.29, 0.717) is 16.4 Å². The van der Waals surface area contributed by atoms with E-state index in [1.807, 2.05) is 24.3 Å². The molecule has 0 radical (unpaired) electrons. The number of aromatic nitrogens is 2. The van der Waals surface area contributed by atoms with Gasteiger partial charge in [-0.15, -0.1) is 4.98 Å². The van der Waals surface area contributed by atoms with E-state index in [4.69, 9.17) is 22.9 Å². The molecule has 7 heteroatoms. The maximum Gasteiger partial charge on any atom is 0.270 e. The van der Waals surface area contributed by atoms with Gasteiger partial charge in [-0.1, -0.05) is 31.2 Å². The van der Waals surface area contributed by atoms with Crippen molar-refractivity contribution in [2.24, 2.45) is 13.0 Å². The van der Waals surface area contributed by atoms with Gasteiger partial charge in [0.15, 0.2) is 0 Å². The Kier molecular flexibility index (Phi) is 5.40. The molecule has 1 aliphatic rings. The molecule has 2 aromatic heterocycles. The Morgan fingerprint density at radius 2 is 2.03 bits per heavy atom. The summed E-state index contributed by atoms with van der Waals surface area (Å²) in [4.78, 5) is 22.8. The van der Waals surface area contributed by atoms with Gasteiger partial charge in [-0.05, 0) is 37.3 Å². The van der Waals surface area contributed by atoms with Crippen LogP contribution in [0.3, 0.4) is 0 Å². The molecule has 1 fully saturated rings. The number of rotatable bonds is 3. The fraction of sp³-hybridized carbons (Fsp3) is 0.348. The van der Waals surface area contributed by atoms with Gasteiger partial charge in [0.05, 0.1) is 11.2 Å². The zero-order valence-corrected chi connectivity index (χ0v) is 17.9. The van der Waals surface area contributed by atoms with Crippen LogP contribution in [0.2, 0.25) is 5.02 Å². The van der Waals surface area contributed by atoms with Gasteiger partial charge in [-0.3, -0.25) is 4.79 Å². The van der Waals surface area contributed by atoms with Gasteiger partial charge in [0.2, 0.25) is 5.52 Å². The van der Waals surface area contributed by atoms with Crippen molar-refractivity contribution in [3.8, 4) is 5.75 Å². The number of nitrogens with zero attached hydrogens (tertiary/aromatic N) is 4. The van der Waals surface area contributed by atoms with Crippen molar-refractivity contribution in [2.75, 3.05) is 11.4 Å². The number of pyridine rings is 2. The summed E-state index contributed by atoms with van der Waals surface area (Å²) >= 11 is 6.09. The first-order valence-corrected chi connectivity index (χ1v) is 10.3. The number of aryl methyl sites for hydroxylation is 1. The van der Waals surface area contributed by atoms with Crippen LogP contribution in [0.15, 0.2) is 47.3 Å². The first-order chi connectivity index (χ1) is 14.4. The fourth-order valence-electron chi connectivity index (χ4n) is 4.10. The highest BCUT2D eigenvalue weighted by molar-refractivity contribution is 6.30. The minimum atomic E-state index is -0.0907. The van der Waals surface area contributed by atoms with Crippen molar-refractivity contribution in [1.29, 1.82) is 0 Å². The smallest absolute Gasteiger partial charge is 0.270 e. The minimum Gasteiger partial charge on any atom is -0.490 e. The average Bonchev–Trinajstić information content (AvgIpc) is 2.73. The number of halogens is 1. The molecule has 1 aromatic carbocycles. The molecule has 3 heterocycles. The standard InChI is InChI=1S/C23H23ClN4O2/c1-14-13-28(15(2)10-20(14)30-17-7-5-6-16(24)11-17)19-12-22(29)27(4)18-8-9-21(25-3)26-23(18)19/h5-9,11-12,14-15,20H,10,13H2,1-2,4H3/t14-,15-,20+/m0/s1. The molecule has 154 valence electrons. The molecule has 0 amide bonds. The molecule has 30 heavy (non-hydrogen) atoms. The van der Waals surface area contributed by atoms with Crippen molar-refractivity contribution in [3.05, 3.63) is 69.3 Å². The van der Waals surface area contributed by atoms with Crippen LogP contribution in [0.5, 0.6) is 5.75 Å². The topological polar surface area (TPSA) is 51.7 Å². The van der Waals surface area contributed by atoms with Crippen LogP contribution in [0.4, 0.5) is 11.5 Å². The molecule has 0 bridgehead atoms. The van der Waals surface area contributed by atoms with Crippen molar-refractivity contribution >= 4 is 34.1 Å². The van der Waals surface area contributed by atoms with Crippen molar-refractivity contribution in [2.45, 2.75) is 32.4 Å². The third-order valence-corrected chi connectivity index (χ3v) is 6.02. The number of ether oxygens (including phenoxy) is 1. The summed E-state index contributed by atoms with van der Waals surface area (Å²) in [6.07, 6.45) is 0.840. The number of piperidine rings is 1. The Hall–Kier alpha value is -3.04. The summed E-state index contributed by atoms with van der Waals surface area (Å²) < 4.78 is 7.81. The van der Waals surface area contributed by atoms with Crippen LogP contribution in [0.1, 0.15) is 20.3 Å². The van der Waals surface area contributed by atoms with E-state index in [0.717, 1.165) is 29.9 Å². The lowest BCUT2D eigenvalue weighted by Gasteiger charge is -2.42. The molecule has 4 rings (SSSR count). The second-order valence-electron chi connectivity index (χ2n) is 7.90. The molecule has 1 saturated heterocycles. The summed E-state index contributed by atoms with van der Waals surface area (Å²) in [6, 6.07) is 12.7. The number of benzene rings is 1. The van der Waals surface area contributed by atoms with Crippen LogP contribution in [-0.2, 0) is 7.05 Å². The lowest BCUT2D eigenvalue weighted by atomic mass is 9.91. The number of anilines is 1. The van der Waals surface area contributed by atoms with E-state index in [-0.39, 0.29) is 23.6 Å². The maximum absolute atomic E-state index is 12.6. The summed E-state index contributed by atoms with van der Waals surface area (Å²) in [5.74, 6) is 1.31. The minimum absolute atomic E-state index is 0.0410. The second kappa shape index (κ2) is 8.00. The monoisotopic (exact) mass is 422 g/mol. The molecule has 0 spiro atoms. The lowest BCUT2D eigenvalue weighted by Crippen LogP contribution is -2.50. The quantitative estimate of drug-likeness (QED) is 0.568. The first kappa shape index (κ1) is 20.2. The Morgan fingerprint density at radius 1 is 1.23 bits per heavy atom. The lowest BCUT2D eigenvalue weighted by molar-refractivity contribution is 0.107. The molecule has 3 atom stereocenters. The van der Waals surface area contributed by atoms with Crippen LogP contribution < -0.4 is 15.2 Å². The van der Waals surface area contributed by atoms with E-state index < -0.39 is 0 Å². The van der Waals surface area contributed by atoms with Crippen LogP contribution in [0.25, 0.3) is 15.9 Å². The number of fused-ring (bicyclic) bond motifs is 1. The predicted octanol–water partition coefficient (Wildman–Crippen LogP) is 4.82. The van der Waals surface area contributed by atoms with Crippen LogP contribution >= 0.6 is 11.6 Å². The zero-order valence-electron chi connectivity index (χ0n) is 17.2. The highest BCUT2D eigenvalue weighted by atomic mass is 35.5. The molecular weight excluding hydrogens is 400 g/mol. The molecule has 0 saturated carbocycles. The fourth-order valence-corrected chi connectivity index (χ4v) is 4.28. The van der Waals surface area contributed by atoms with Gasteiger partial charge in [0.25, 0.3) is 11.4 Å². The molecule has 0 N–H and O–H groups in total. The van der Waals surface area contributed by atoms with Gasteiger partial charge in [0.1, 0.15) is 11.9 Å². The SMILES string of the molecule is [C-]#[N+]c1ccc2c(n1)c(N1C[C@H](C)[C@H](Oc3cccc(Cl)c3)C[C@@H]1C)cc(=O)n2C. The van der Waals surface area contributed by atoms with E-state index >= 15 is 0 Å². The zero-order chi connectivity index (χ0) is 21.4.